The van der Waals surface area contributed by atoms with Crippen LogP contribution < -0.4 is 5.32 Å². The fourth-order valence-corrected chi connectivity index (χ4v) is 4.40. The lowest BCUT2D eigenvalue weighted by Gasteiger charge is -2.33. The van der Waals surface area contributed by atoms with Gasteiger partial charge in [0.15, 0.2) is 0 Å². The molecule has 0 aliphatic carbocycles. The largest absolute Gasteiger partial charge is 0.350 e. The lowest BCUT2D eigenvalue weighted by Crippen LogP contribution is -2.53. The molecule has 0 saturated carbocycles. The van der Waals surface area contributed by atoms with E-state index in [1.807, 2.05) is 58.0 Å². The molecular weight excluding hydrogens is 435 g/mol. The Morgan fingerprint density at radius 2 is 1.81 bits per heavy atom. The molecule has 1 atom stereocenters. The minimum Gasteiger partial charge on any atom is -0.350 e. The van der Waals surface area contributed by atoms with Gasteiger partial charge < -0.3 is 10.2 Å². The van der Waals surface area contributed by atoms with Crippen molar-refractivity contribution >= 4 is 35.2 Å². The van der Waals surface area contributed by atoms with Crippen LogP contribution >= 0.6 is 23.4 Å². The molecule has 0 aromatic heterocycles. The number of nitrogens with one attached hydrogen (secondary N) is 1. The summed E-state index contributed by atoms with van der Waals surface area (Å²) in [4.78, 5) is 27.7. The van der Waals surface area contributed by atoms with Gasteiger partial charge in [-0.1, -0.05) is 54.9 Å². The molecule has 0 bridgehead atoms. The van der Waals surface area contributed by atoms with Crippen molar-refractivity contribution in [1.82, 2.24) is 10.2 Å². The van der Waals surface area contributed by atoms with Gasteiger partial charge in [-0.15, -0.1) is 11.8 Å². The smallest absolute Gasteiger partial charge is 0.243 e. The van der Waals surface area contributed by atoms with E-state index in [9.17, 15) is 14.0 Å². The number of nitrogens with zero attached hydrogens (tertiary/aromatic N) is 1. The second kappa shape index (κ2) is 11.5. The molecule has 2 aromatic carbocycles. The first-order valence-electron chi connectivity index (χ1n) is 10.3. The fraction of sp³-hybridized carbons (Fsp3) is 0.417. The zero-order valence-electron chi connectivity index (χ0n) is 18.5. The van der Waals surface area contributed by atoms with Gasteiger partial charge in [0.1, 0.15) is 11.9 Å². The topological polar surface area (TPSA) is 49.4 Å². The summed E-state index contributed by atoms with van der Waals surface area (Å²) >= 11 is 7.38. The highest BCUT2D eigenvalue weighted by Crippen LogP contribution is 2.24. The molecule has 0 saturated heterocycles. The van der Waals surface area contributed by atoms with Gasteiger partial charge in [-0.05, 0) is 44.9 Å². The molecule has 0 aliphatic rings. The minimum absolute atomic E-state index is 0.122. The SMILES string of the molecule is CC[C@@H](C(=O)NC(C)(C)C)N(Cc1ccccc1)C(=O)CSCc1c(F)cccc1Cl. The van der Waals surface area contributed by atoms with E-state index in [0.717, 1.165) is 5.56 Å². The number of carbonyl (C=O) groups is 2. The van der Waals surface area contributed by atoms with Crippen molar-refractivity contribution in [2.24, 2.45) is 0 Å². The maximum atomic E-state index is 14.0. The van der Waals surface area contributed by atoms with E-state index in [2.05, 4.69) is 5.32 Å². The average Bonchev–Trinajstić information content (AvgIpc) is 2.69. The van der Waals surface area contributed by atoms with Crippen molar-refractivity contribution in [3.63, 3.8) is 0 Å². The summed E-state index contributed by atoms with van der Waals surface area (Å²) in [7, 11) is 0. The molecule has 0 radical (unpaired) electrons. The minimum atomic E-state index is -0.593. The lowest BCUT2D eigenvalue weighted by atomic mass is 10.1. The number of halogens is 2. The van der Waals surface area contributed by atoms with Crippen molar-refractivity contribution in [2.75, 3.05) is 5.75 Å². The van der Waals surface area contributed by atoms with Gasteiger partial charge in [-0.3, -0.25) is 9.59 Å². The average molecular weight is 465 g/mol. The first-order chi connectivity index (χ1) is 14.6. The third-order valence-corrected chi connectivity index (χ3v) is 5.91. The van der Waals surface area contributed by atoms with Crippen molar-refractivity contribution < 1.29 is 14.0 Å². The van der Waals surface area contributed by atoms with Crippen LogP contribution in [0.4, 0.5) is 4.39 Å². The van der Waals surface area contributed by atoms with E-state index in [1.165, 1.54) is 17.8 Å². The molecule has 168 valence electrons. The quantitative estimate of drug-likeness (QED) is 0.538. The maximum absolute atomic E-state index is 14.0. The highest BCUT2D eigenvalue weighted by atomic mass is 35.5. The molecule has 7 heteroatoms. The molecule has 0 aliphatic heterocycles. The van der Waals surface area contributed by atoms with Crippen LogP contribution in [0.1, 0.15) is 45.2 Å². The number of benzene rings is 2. The van der Waals surface area contributed by atoms with E-state index >= 15 is 0 Å². The van der Waals surface area contributed by atoms with E-state index < -0.39 is 11.6 Å². The van der Waals surface area contributed by atoms with Crippen LogP contribution in [0.25, 0.3) is 0 Å². The van der Waals surface area contributed by atoms with Gasteiger partial charge in [0.25, 0.3) is 0 Å². The van der Waals surface area contributed by atoms with E-state index in [4.69, 9.17) is 11.6 Å². The Kier molecular flexibility index (Phi) is 9.38. The zero-order valence-corrected chi connectivity index (χ0v) is 20.0. The van der Waals surface area contributed by atoms with E-state index in [-0.39, 0.29) is 29.1 Å². The molecule has 0 spiro atoms. The molecule has 2 rings (SSSR count). The summed E-state index contributed by atoms with van der Waals surface area (Å²) in [5.74, 6) is -0.332. The Bertz CT molecular complexity index is 867. The van der Waals surface area contributed by atoms with E-state index in [1.54, 1.807) is 17.0 Å². The predicted molar refractivity (Wildman–Crippen MR) is 127 cm³/mol. The number of hydrogen-bond donors (Lipinski definition) is 1. The molecule has 0 unspecified atom stereocenters. The molecule has 2 amide bonds. The highest BCUT2D eigenvalue weighted by Gasteiger charge is 2.30. The Balaban J connectivity index is 2.16. The van der Waals surface area contributed by atoms with Crippen LogP contribution in [0, 0.1) is 5.82 Å². The molecule has 4 nitrogen and oxygen atoms in total. The molecule has 1 N–H and O–H groups in total. The van der Waals surface area contributed by atoms with Gasteiger partial charge >= 0.3 is 0 Å². The Labute approximate surface area is 193 Å². The zero-order chi connectivity index (χ0) is 23.0. The van der Waals surface area contributed by atoms with Crippen LogP contribution in [0.2, 0.25) is 5.02 Å². The third kappa shape index (κ3) is 7.86. The monoisotopic (exact) mass is 464 g/mol. The molecule has 2 aromatic rings. The molecule has 31 heavy (non-hydrogen) atoms. The Morgan fingerprint density at radius 1 is 1.13 bits per heavy atom. The van der Waals surface area contributed by atoms with Gasteiger partial charge in [-0.2, -0.15) is 0 Å². The van der Waals surface area contributed by atoms with Gasteiger partial charge in [0, 0.05) is 28.4 Å². The van der Waals surface area contributed by atoms with Gasteiger partial charge in [-0.25, -0.2) is 4.39 Å². The van der Waals surface area contributed by atoms with Crippen LogP contribution in [-0.2, 0) is 21.9 Å². The molecule has 0 heterocycles. The number of amides is 2. The first kappa shape index (κ1) is 25.2. The van der Waals surface area contributed by atoms with Crippen LogP contribution in [0.3, 0.4) is 0 Å². The maximum Gasteiger partial charge on any atom is 0.243 e. The Morgan fingerprint density at radius 3 is 2.39 bits per heavy atom. The standard InChI is InChI=1S/C24H30ClFN2O2S/c1-5-21(23(30)27-24(2,3)4)28(14-17-10-7-6-8-11-17)22(29)16-31-15-18-19(25)12-9-13-20(18)26/h6-13,21H,5,14-16H2,1-4H3,(H,27,30)/t21-/m0/s1. The number of carbonyl (C=O) groups excluding carboxylic acids is 2. The highest BCUT2D eigenvalue weighted by molar-refractivity contribution is 7.99. The molecule has 0 fully saturated rings. The summed E-state index contributed by atoms with van der Waals surface area (Å²) in [6.45, 7) is 7.96. The predicted octanol–water partition coefficient (Wildman–Crippen LogP) is 5.43. The second-order valence-electron chi connectivity index (χ2n) is 8.36. The van der Waals surface area contributed by atoms with Crippen molar-refractivity contribution in [2.45, 2.75) is 58.0 Å². The summed E-state index contributed by atoms with van der Waals surface area (Å²) in [5, 5.41) is 3.33. The van der Waals surface area contributed by atoms with E-state index in [0.29, 0.717) is 23.6 Å². The second-order valence-corrected chi connectivity index (χ2v) is 9.76. The van der Waals surface area contributed by atoms with Gasteiger partial charge in [0.2, 0.25) is 11.8 Å². The molecular formula is C24H30ClFN2O2S. The van der Waals surface area contributed by atoms with Crippen LogP contribution in [0.5, 0.6) is 0 Å². The van der Waals surface area contributed by atoms with Gasteiger partial charge in [0.05, 0.1) is 5.75 Å². The van der Waals surface area contributed by atoms with Crippen LogP contribution in [-0.4, -0.2) is 34.0 Å². The fourth-order valence-electron chi connectivity index (χ4n) is 3.15. The number of hydrogen-bond acceptors (Lipinski definition) is 3. The van der Waals surface area contributed by atoms with Crippen molar-refractivity contribution in [3.8, 4) is 0 Å². The summed E-state index contributed by atoms with van der Waals surface area (Å²) in [6, 6.07) is 13.5. The first-order valence-corrected chi connectivity index (χ1v) is 11.8. The summed E-state index contributed by atoms with van der Waals surface area (Å²) < 4.78 is 14.0. The number of rotatable bonds is 9. The normalized spacial score (nSPS) is 12.3. The summed E-state index contributed by atoms with van der Waals surface area (Å²) in [6.07, 6.45) is 0.490. The van der Waals surface area contributed by atoms with Crippen molar-refractivity contribution in [3.05, 3.63) is 70.5 Å². The van der Waals surface area contributed by atoms with Crippen LogP contribution in [0.15, 0.2) is 48.5 Å². The summed E-state index contributed by atoms with van der Waals surface area (Å²) in [5.41, 5.74) is 0.927. The van der Waals surface area contributed by atoms with Crippen molar-refractivity contribution in [1.29, 1.82) is 0 Å². The number of thioether (sulfide) groups is 1. The third-order valence-electron chi connectivity index (χ3n) is 4.61. The lowest BCUT2D eigenvalue weighted by molar-refractivity contribution is -0.140. The Hall–Kier alpha value is -2.05.